The summed E-state index contributed by atoms with van der Waals surface area (Å²) < 4.78 is 15.3. The maximum absolute atomic E-state index is 12.3. The first-order valence-electron chi connectivity index (χ1n) is 6.79. The number of hydrogen-bond acceptors (Lipinski definition) is 6. The fourth-order valence-electron chi connectivity index (χ4n) is 2.15. The Balaban J connectivity index is 2.49. The molecule has 0 saturated heterocycles. The van der Waals surface area contributed by atoms with Crippen LogP contribution in [-0.2, 0) is 0 Å². The fraction of sp³-hybridized carbons (Fsp3) is 0.500. The van der Waals surface area contributed by atoms with Gasteiger partial charge in [0, 0.05) is 12.6 Å². The van der Waals surface area contributed by atoms with E-state index >= 15 is 0 Å². The van der Waals surface area contributed by atoms with Gasteiger partial charge in [-0.25, -0.2) is 0 Å². The summed E-state index contributed by atoms with van der Waals surface area (Å²) in [5.41, 5.74) is -0.548. The van der Waals surface area contributed by atoms with Crippen LogP contribution in [0, 0.1) is 16.0 Å². The quantitative estimate of drug-likeness (QED) is 0.608. The first kappa shape index (κ1) is 15.9. The lowest BCUT2D eigenvalue weighted by atomic mass is 10.1. The van der Waals surface area contributed by atoms with Crippen molar-refractivity contribution in [2.45, 2.75) is 12.8 Å². The van der Waals surface area contributed by atoms with Gasteiger partial charge < -0.3 is 19.5 Å². The smallest absolute Gasteiger partial charge is 0.327 e. The SMILES string of the molecule is COc1cc(C(=O)NCC2CC2)c([N+](=O)[O-])c(OC)c1OC. The van der Waals surface area contributed by atoms with E-state index in [0.717, 1.165) is 12.8 Å². The standard InChI is InChI=1S/C14H18N2O6/c1-20-10-6-9(14(17)15-7-8-4-5-8)11(16(18)19)13(22-3)12(10)21-2/h6,8H,4-5,7H2,1-3H3,(H,15,17). The van der Waals surface area contributed by atoms with E-state index in [-0.39, 0.29) is 22.8 Å². The van der Waals surface area contributed by atoms with Crippen molar-refractivity contribution in [1.29, 1.82) is 0 Å². The van der Waals surface area contributed by atoms with Crippen LogP contribution in [0.1, 0.15) is 23.2 Å². The van der Waals surface area contributed by atoms with E-state index in [2.05, 4.69) is 5.32 Å². The molecule has 1 aliphatic carbocycles. The van der Waals surface area contributed by atoms with E-state index in [1.54, 1.807) is 0 Å². The number of nitro groups is 1. The number of nitrogens with zero attached hydrogens (tertiary/aromatic N) is 1. The highest BCUT2D eigenvalue weighted by molar-refractivity contribution is 6.00. The van der Waals surface area contributed by atoms with Gasteiger partial charge in [0.1, 0.15) is 5.56 Å². The predicted octanol–water partition coefficient (Wildman–Crippen LogP) is 1.76. The number of nitrogens with one attached hydrogen (secondary N) is 1. The van der Waals surface area contributed by atoms with Crippen LogP contribution in [0.3, 0.4) is 0 Å². The second-order valence-electron chi connectivity index (χ2n) is 4.95. The zero-order chi connectivity index (χ0) is 16.3. The molecule has 0 bridgehead atoms. The largest absolute Gasteiger partial charge is 0.493 e. The third-order valence-electron chi connectivity index (χ3n) is 3.48. The first-order valence-corrected chi connectivity index (χ1v) is 6.79. The van der Waals surface area contributed by atoms with Crippen molar-refractivity contribution in [3.8, 4) is 17.2 Å². The lowest BCUT2D eigenvalue weighted by Crippen LogP contribution is -2.26. The molecule has 22 heavy (non-hydrogen) atoms. The van der Waals surface area contributed by atoms with Crippen molar-refractivity contribution >= 4 is 11.6 Å². The highest BCUT2D eigenvalue weighted by atomic mass is 16.6. The number of benzene rings is 1. The van der Waals surface area contributed by atoms with Crippen LogP contribution in [0.15, 0.2) is 6.07 Å². The number of nitro benzene ring substituents is 1. The van der Waals surface area contributed by atoms with Crippen molar-refractivity contribution in [3.63, 3.8) is 0 Å². The monoisotopic (exact) mass is 310 g/mol. The molecule has 0 atom stereocenters. The molecule has 1 N–H and O–H groups in total. The summed E-state index contributed by atoms with van der Waals surface area (Å²) in [5.74, 6) is 0.0725. The van der Waals surface area contributed by atoms with E-state index in [9.17, 15) is 14.9 Å². The molecular formula is C14H18N2O6. The van der Waals surface area contributed by atoms with Crippen LogP contribution in [0.4, 0.5) is 5.69 Å². The van der Waals surface area contributed by atoms with E-state index in [4.69, 9.17) is 14.2 Å². The summed E-state index contributed by atoms with van der Waals surface area (Å²) in [6.07, 6.45) is 2.13. The average Bonchev–Trinajstić information content (AvgIpc) is 3.34. The Morgan fingerprint density at radius 3 is 2.36 bits per heavy atom. The second kappa shape index (κ2) is 6.50. The molecule has 120 valence electrons. The van der Waals surface area contributed by atoms with Gasteiger partial charge >= 0.3 is 5.69 Å². The van der Waals surface area contributed by atoms with Crippen molar-refractivity contribution in [2.75, 3.05) is 27.9 Å². The molecule has 0 spiro atoms. The summed E-state index contributed by atoms with van der Waals surface area (Å²) in [5, 5.41) is 14.1. The molecule has 8 nitrogen and oxygen atoms in total. The van der Waals surface area contributed by atoms with Gasteiger partial charge in [-0.05, 0) is 18.8 Å². The third kappa shape index (κ3) is 3.05. The van der Waals surface area contributed by atoms with Gasteiger partial charge in [0.2, 0.25) is 11.5 Å². The number of hydrogen-bond donors (Lipinski definition) is 1. The molecule has 1 saturated carbocycles. The number of carbonyl (C=O) groups is 1. The molecular weight excluding hydrogens is 292 g/mol. The Bertz CT molecular complexity index is 597. The molecule has 0 aromatic heterocycles. The van der Waals surface area contributed by atoms with Crippen LogP contribution < -0.4 is 19.5 Å². The van der Waals surface area contributed by atoms with Gasteiger partial charge in [0.05, 0.1) is 26.3 Å². The van der Waals surface area contributed by atoms with Crippen LogP contribution >= 0.6 is 0 Å². The molecule has 0 unspecified atom stereocenters. The number of carbonyl (C=O) groups excluding carboxylic acids is 1. The van der Waals surface area contributed by atoms with E-state index in [1.165, 1.54) is 27.4 Å². The molecule has 8 heteroatoms. The molecule has 0 aliphatic heterocycles. The zero-order valence-electron chi connectivity index (χ0n) is 12.7. The molecule has 1 aliphatic rings. The summed E-state index contributed by atoms with van der Waals surface area (Å²) in [6, 6.07) is 1.29. The summed E-state index contributed by atoms with van der Waals surface area (Å²) in [7, 11) is 4.00. The molecule has 1 fully saturated rings. The van der Waals surface area contributed by atoms with Crippen molar-refractivity contribution in [1.82, 2.24) is 5.32 Å². The van der Waals surface area contributed by atoms with Gasteiger partial charge in [-0.3, -0.25) is 14.9 Å². The van der Waals surface area contributed by atoms with Crippen molar-refractivity contribution < 1.29 is 23.9 Å². The minimum absolute atomic E-state index is 0.0791. The summed E-state index contributed by atoms with van der Waals surface area (Å²) in [6.45, 7) is 0.507. The predicted molar refractivity (Wildman–Crippen MR) is 77.8 cm³/mol. The number of amides is 1. The van der Waals surface area contributed by atoms with Gasteiger partial charge in [-0.2, -0.15) is 0 Å². The fourth-order valence-corrected chi connectivity index (χ4v) is 2.15. The summed E-state index contributed by atoms with van der Waals surface area (Å²) in [4.78, 5) is 23.0. The maximum Gasteiger partial charge on any atom is 0.327 e. The van der Waals surface area contributed by atoms with Crippen molar-refractivity contribution in [3.05, 3.63) is 21.7 Å². The Hall–Kier alpha value is -2.51. The average molecular weight is 310 g/mol. The highest BCUT2D eigenvalue weighted by Gasteiger charge is 2.33. The molecule has 1 aromatic rings. The van der Waals surface area contributed by atoms with E-state index in [0.29, 0.717) is 12.5 Å². The molecule has 1 amide bonds. The van der Waals surface area contributed by atoms with Crippen LogP contribution in [0.5, 0.6) is 17.2 Å². The molecule has 1 aromatic carbocycles. The third-order valence-corrected chi connectivity index (χ3v) is 3.48. The molecule has 2 rings (SSSR count). The Kier molecular flexibility index (Phi) is 4.69. The van der Waals surface area contributed by atoms with Crippen LogP contribution in [-0.4, -0.2) is 38.7 Å². The Labute approximate surface area is 127 Å². The van der Waals surface area contributed by atoms with Gasteiger partial charge in [0.15, 0.2) is 5.75 Å². The lowest BCUT2D eigenvalue weighted by Gasteiger charge is -2.14. The Morgan fingerprint density at radius 1 is 1.27 bits per heavy atom. The van der Waals surface area contributed by atoms with Crippen LogP contribution in [0.2, 0.25) is 0 Å². The first-order chi connectivity index (χ1) is 10.5. The molecule has 0 radical (unpaired) electrons. The minimum Gasteiger partial charge on any atom is -0.493 e. The normalized spacial score (nSPS) is 13.4. The topological polar surface area (TPSA) is 99.9 Å². The highest BCUT2D eigenvalue weighted by Crippen LogP contribution is 2.46. The molecule has 0 heterocycles. The van der Waals surface area contributed by atoms with Gasteiger partial charge in [-0.15, -0.1) is 0 Å². The minimum atomic E-state index is -0.660. The van der Waals surface area contributed by atoms with E-state index in [1.807, 2.05) is 0 Å². The zero-order valence-corrected chi connectivity index (χ0v) is 12.7. The number of ether oxygens (including phenoxy) is 3. The number of rotatable bonds is 7. The van der Waals surface area contributed by atoms with E-state index < -0.39 is 16.5 Å². The number of methoxy groups -OCH3 is 3. The van der Waals surface area contributed by atoms with Crippen molar-refractivity contribution in [2.24, 2.45) is 5.92 Å². The second-order valence-corrected chi connectivity index (χ2v) is 4.95. The Morgan fingerprint density at radius 2 is 1.91 bits per heavy atom. The van der Waals surface area contributed by atoms with Gasteiger partial charge in [0.25, 0.3) is 5.91 Å². The van der Waals surface area contributed by atoms with Crippen LogP contribution in [0.25, 0.3) is 0 Å². The van der Waals surface area contributed by atoms with Gasteiger partial charge in [-0.1, -0.05) is 0 Å². The maximum atomic E-state index is 12.3. The summed E-state index contributed by atoms with van der Waals surface area (Å²) >= 11 is 0. The lowest BCUT2D eigenvalue weighted by molar-refractivity contribution is -0.386.